The van der Waals surface area contributed by atoms with Gasteiger partial charge in [0.1, 0.15) is 30.0 Å². The third-order valence-corrected chi connectivity index (χ3v) is 9.92. The van der Waals surface area contributed by atoms with Crippen LogP contribution >= 0.6 is 11.6 Å². The van der Waals surface area contributed by atoms with Crippen molar-refractivity contribution < 1.29 is 38.1 Å². The van der Waals surface area contributed by atoms with E-state index >= 15 is 0 Å². The van der Waals surface area contributed by atoms with Crippen LogP contribution in [0.25, 0.3) is 0 Å². The number of rotatable bonds is 1. The van der Waals surface area contributed by atoms with Crippen LogP contribution in [0.1, 0.15) is 40.0 Å². The van der Waals surface area contributed by atoms with Crippen molar-refractivity contribution >= 4 is 29.5 Å². The molecule has 9 heteroatoms. The average Bonchev–Trinajstić information content (AvgIpc) is 3.59. The molecule has 0 unspecified atom stereocenters. The summed E-state index contributed by atoms with van der Waals surface area (Å²) in [4.78, 5) is 37.1. The van der Waals surface area contributed by atoms with E-state index in [9.17, 15) is 14.4 Å². The highest BCUT2D eigenvalue weighted by Gasteiger charge is 2.98. The van der Waals surface area contributed by atoms with Crippen LogP contribution in [0.3, 0.4) is 0 Å². The Bertz CT molecular complexity index is 1020. The molecule has 7 aliphatic rings. The van der Waals surface area contributed by atoms with Crippen molar-refractivity contribution in [1.29, 1.82) is 0 Å². The van der Waals surface area contributed by atoms with Crippen molar-refractivity contribution in [2.24, 2.45) is 17.3 Å². The lowest BCUT2D eigenvalue weighted by atomic mass is 9.44. The summed E-state index contributed by atoms with van der Waals surface area (Å²) in [6.07, 6.45) is 0.280. The van der Waals surface area contributed by atoms with E-state index < -0.39 is 45.6 Å². The van der Waals surface area contributed by atoms with Gasteiger partial charge in [0.25, 0.3) is 0 Å². The van der Waals surface area contributed by atoms with Gasteiger partial charge in [0.2, 0.25) is 5.60 Å². The van der Waals surface area contributed by atoms with E-state index in [2.05, 4.69) is 6.92 Å². The number of carbonyl (C=O) groups is 3. The van der Waals surface area contributed by atoms with Gasteiger partial charge in [-0.15, -0.1) is 11.6 Å². The molecule has 0 aromatic heterocycles. The number of esters is 3. The first-order valence-corrected chi connectivity index (χ1v) is 11.4. The van der Waals surface area contributed by atoms with Crippen molar-refractivity contribution in [2.45, 2.75) is 80.5 Å². The first-order chi connectivity index (χ1) is 14.6. The zero-order valence-electron chi connectivity index (χ0n) is 17.4. The molecule has 0 bridgehead atoms. The Labute approximate surface area is 183 Å². The fraction of sp³-hybridized carbons (Fsp3) is 0.773. The van der Waals surface area contributed by atoms with Crippen LogP contribution in [0, 0.1) is 17.3 Å². The molecule has 2 saturated carbocycles. The SMILES string of the molecule is CC(C)[C@]12O[C@H]1[C@@H]1O[C@]13[C@@]1(OC(=O)C(=O)O[C@H]21)[C@H](Cl)C[C@H]1C2=C(CC[C@@]13C)C(=O)OC2. The van der Waals surface area contributed by atoms with E-state index in [1.807, 2.05) is 13.8 Å². The zero-order chi connectivity index (χ0) is 21.7. The molecule has 8 nitrogen and oxygen atoms in total. The zero-order valence-corrected chi connectivity index (χ0v) is 18.2. The Hall–Kier alpha value is -1.64. The van der Waals surface area contributed by atoms with Crippen LogP contribution in [-0.2, 0) is 38.1 Å². The van der Waals surface area contributed by atoms with Crippen molar-refractivity contribution in [3.63, 3.8) is 0 Å². The van der Waals surface area contributed by atoms with Crippen LogP contribution in [-0.4, -0.2) is 65.0 Å². The lowest BCUT2D eigenvalue weighted by Crippen LogP contribution is -2.81. The molecule has 166 valence electrons. The second-order valence-electron chi connectivity index (χ2n) is 10.5. The summed E-state index contributed by atoms with van der Waals surface area (Å²) in [6, 6.07) is 0. The minimum absolute atomic E-state index is 0.00194. The van der Waals surface area contributed by atoms with E-state index in [1.165, 1.54) is 0 Å². The number of epoxide rings is 2. The fourth-order valence-corrected chi connectivity index (χ4v) is 8.47. The summed E-state index contributed by atoms with van der Waals surface area (Å²) in [7, 11) is 0. The highest BCUT2D eigenvalue weighted by molar-refractivity contribution is 6.31. The van der Waals surface area contributed by atoms with Gasteiger partial charge in [0, 0.05) is 11.0 Å². The maximum Gasteiger partial charge on any atom is 0.418 e. The van der Waals surface area contributed by atoms with Gasteiger partial charge in [0.05, 0.1) is 5.38 Å². The van der Waals surface area contributed by atoms with E-state index in [1.54, 1.807) is 0 Å². The molecule has 0 aromatic rings. The topological polar surface area (TPSA) is 104 Å². The number of fused-ring (bicyclic) bond motifs is 5. The Balaban J connectivity index is 1.44. The molecular weight excluding hydrogens is 428 g/mol. The number of hydrogen-bond donors (Lipinski definition) is 0. The molecule has 4 heterocycles. The molecule has 0 amide bonds. The molecule has 0 radical (unpaired) electrons. The third kappa shape index (κ3) is 1.68. The smallest absolute Gasteiger partial charge is 0.418 e. The monoisotopic (exact) mass is 450 g/mol. The number of hydrogen-bond acceptors (Lipinski definition) is 8. The lowest BCUT2D eigenvalue weighted by Gasteiger charge is -2.62. The second-order valence-corrected chi connectivity index (χ2v) is 11.1. The highest BCUT2D eigenvalue weighted by Crippen LogP contribution is 2.79. The highest BCUT2D eigenvalue weighted by atomic mass is 35.5. The Morgan fingerprint density at radius 1 is 1.06 bits per heavy atom. The average molecular weight is 451 g/mol. The molecular formula is C22H23ClO8. The van der Waals surface area contributed by atoms with Crippen LogP contribution in [0.5, 0.6) is 0 Å². The van der Waals surface area contributed by atoms with Gasteiger partial charge in [-0.2, -0.15) is 0 Å². The summed E-state index contributed by atoms with van der Waals surface area (Å²) >= 11 is 7.09. The van der Waals surface area contributed by atoms with Crippen LogP contribution in [0.2, 0.25) is 0 Å². The van der Waals surface area contributed by atoms with E-state index in [0.29, 0.717) is 19.3 Å². The normalized spacial score (nSPS) is 55.6. The van der Waals surface area contributed by atoms with Gasteiger partial charge in [-0.3, -0.25) is 0 Å². The number of cyclic esters (lactones) is 1. The predicted octanol–water partition coefficient (Wildman–Crippen LogP) is 1.42. The number of carbonyl (C=O) groups excluding carboxylic acids is 3. The van der Waals surface area contributed by atoms with Gasteiger partial charge >= 0.3 is 17.9 Å². The summed E-state index contributed by atoms with van der Waals surface area (Å²) < 4.78 is 29.9. The van der Waals surface area contributed by atoms with Crippen molar-refractivity contribution in [2.75, 3.05) is 6.61 Å². The van der Waals surface area contributed by atoms with Gasteiger partial charge in [-0.25, -0.2) is 14.4 Å². The maximum atomic E-state index is 12.6. The van der Waals surface area contributed by atoms with E-state index in [4.69, 9.17) is 35.3 Å². The molecule has 2 spiro atoms. The number of alkyl halides is 1. The van der Waals surface area contributed by atoms with Crippen LogP contribution in [0.4, 0.5) is 0 Å². The minimum atomic E-state index is -1.34. The number of halogens is 1. The largest absolute Gasteiger partial charge is 0.458 e. The molecule has 0 N–H and O–H groups in total. The fourth-order valence-electron chi connectivity index (χ4n) is 7.97. The van der Waals surface area contributed by atoms with Crippen LogP contribution in [0.15, 0.2) is 11.1 Å². The number of ether oxygens (including phenoxy) is 5. The van der Waals surface area contributed by atoms with Crippen molar-refractivity contribution in [3.8, 4) is 0 Å². The van der Waals surface area contributed by atoms with Gasteiger partial charge in [0.15, 0.2) is 6.10 Å². The Morgan fingerprint density at radius 3 is 2.58 bits per heavy atom. The quantitative estimate of drug-likeness (QED) is 0.194. The molecule has 4 aliphatic heterocycles. The van der Waals surface area contributed by atoms with E-state index in [-0.39, 0.29) is 36.6 Å². The molecule has 3 saturated heterocycles. The predicted molar refractivity (Wildman–Crippen MR) is 102 cm³/mol. The van der Waals surface area contributed by atoms with Gasteiger partial charge in [-0.05, 0) is 36.7 Å². The third-order valence-electron chi connectivity index (χ3n) is 9.42. The summed E-state index contributed by atoms with van der Waals surface area (Å²) in [5.74, 6) is -2.35. The summed E-state index contributed by atoms with van der Waals surface area (Å²) in [5, 5.41) is -0.680. The second kappa shape index (κ2) is 5.13. The first-order valence-electron chi connectivity index (χ1n) is 11.0. The molecule has 3 aliphatic carbocycles. The van der Waals surface area contributed by atoms with Crippen molar-refractivity contribution in [3.05, 3.63) is 11.1 Å². The molecule has 5 fully saturated rings. The van der Waals surface area contributed by atoms with Crippen LogP contribution < -0.4 is 0 Å². The first kappa shape index (κ1) is 18.9. The maximum absolute atomic E-state index is 12.6. The van der Waals surface area contributed by atoms with E-state index in [0.717, 1.165) is 11.1 Å². The van der Waals surface area contributed by atoms with Crippen molar-refractivity contribution in [1.82, 2.24) is 0 Å². The summed E-state index contributed by atoms with van der Waals surface area (Å²) in [5.41, 5.74) is -1.82. The standard InChI is InChI=1S/C22H23ClO8/c1-8(2)20-13(29-20)14-22(30-14)19(3)5-4-9-10(7-27-15(9)24)11(19)6-12(23)21(22)18(20)28-16(25)17(26)31-21/h8,11-14,18H,4-7H2,1-3H3/t11-,12+,13-,14-,18+,19-,20-,21+,22+/m0/s1. The minimum Gasteiger partial charge on any atom is -0.458 e. The molecule has 31 heavy (non-hydrogen) atoms. The molecule has 9 atom stereocenters. The molecule has 0 aromatic carbocycles. The molecule has 7 rings (SSSR count). The lowest BCUT2D eigenvalue weighted by molar-refractivity contribution is -0.263. The Kier molecular flexibility index (Phi) is 3.12. The summed E-state index contributed by atoms with van der Waals surface area (Å²) in [6.45, 7) is 6.40. The van der Waals surface area contributed by atoms with Gasteiger partial charge < -0.3 is 23.7 Å². The Morgan fingerprint density at radius 2 is 1.84 bits per heavy atom. The van der Waals surface area contributed by atoms with Gasteiger partial charge in [-0.1, -0.05) is 20.8 Å².